The van der Waals surface area contributed by atoms with E-state index in [0.29, 0.717) is 37.4 Å². The molecule has 0 unspecified atom stereocenters. The van der Waals surface area contributed by atoms with Crippen LogP contribution in [0.3, 0.4) is 0 Å². The van der Waals surface area contributed by atoms with Crippen molar-refractivity contribution in [3.05, 3.63) is 71.6 Å². The molecule has 0 bridgehead atoms. The van der Waals surface area contributed by atoms with E-state index >= 15 is 0 Å². The van der Waals surface area contributed by atoms with Gasteiger partial charge in [0.25, 0.3) is 0 Å². The van der Waals surface area contributed by atoms with Crippen molar-refractivity contribution >= 4 is 17.9 Å². The van der Waals surface area contributed by atoms with E-state index in [1.54, 1.807) is 28.1 Å². The molecule has 2 heterocycles. The number of hydrogen-bond donors (Lipinski definition) is 0. The Hall–Kier alpha value is -3.16. The average Bonchev–Trinajstić information content (AvgIpc) is 2.72. The van der Waals surface area contributed by atoms with Crippen LogP contribution in [-0.2, 0) is 22.2 Å². The Balaban J connectivity index is 1.49. The third kappa shape index (κ3) is 5.66. The average molecular weight is 403 g/mol. The molecule has 0 spiro atoms. The number of alkyl halides is 3. The van der Waals surface area contributed by atoms with Crippen LogP contribution in [-0.4, -0.2) is 52.8 Å². The van der Waals surface area contributed by atoms with Crippen molar-refractivity contribution < 1.29 is 22.8 Å². The van der Waals surface area contributed by atoms with E-state index in [-0.39, 0.29) is 18.2 Å². The third-order valence-corrected chi connectivity index (χ3v) is 4.66. The van der Waals surface area contributed by atoms with Crippen molar-refractivity contribution in [2.24, 2.45) is 0 Å². The van der Waals surface area contributed by atoms with Gasteiger partial charge in [-0.1, -0.05) is 18.2 Å². The number of pyridine rings is 1. The van der Waals surface area contributed by atoms with Crippen molar-refractivity contribution in [3.8, 4) is 0 Å². The predicted molar refractivity (Wildman–Crippen MR) is 102 cm³/mol. The highest BCUT2D eigenvalue weighted by molar-refractivity contribution is 5.92. The SMILES string of the molecule is O=C(/C=C/c1ccc(C(F)(F)F)cc1)N1CCN(C(=O)Cc2ccccn2)CC1. The largest absolute Gasteiger partial charge is 0.416 e. The lowest BCUT2D eigenvalue weighted by Gasteiger charge is -2.34. The van der Waals surface area contributed by atoms with E-state index < -0.39 is 11.7 Å². The van der Waals surface area contributed by atoms with Crippen LogP contribution in [0.2, 0.25) is 0 Å². The minimum atomic E-state index is -4.38. The lowest BCUT2D eigenvalue weighted by molar-refractivity contribution is -0.137. The summed E-state index contributed by atoms with van der Waals surface area (Å²) in [6.45, 7) is 1.69. The Kier molecular flexibility index (Phi) is 6.31. The summed E-state index contributed by atoms with van der Waals surface area (Å²) in [4.78, 5) is 32.1. The molecule has 2 amide bonds. The van der Waals surface area contributed by atoms with E-state index in [4.69, 9.17) is 0 Å². The maximum atomic E-state index is 12.6. The lowest BCUT2D eigenvalue weighted by atomic mass is 10.1. The Labute approximate surface area is 166 Å². The molecule has 0 radical (unpaired) electrons. The summed E-state index contributed by atoms with van der Waals surface area (Å²) >= 11 is 0. The van der Waals surface area contributed by atoms with Gasteiger partial charge in [-0.15, -0.1) is 0 Å². The van der Waals surface area contributed by atoms with Gasteiger partial charge in [0.15, 0.2) is 0 Å². The number of carbonyl (C=O) groups excluding carboxylic acids is 2. The fourth-order valence-electron chi connectivity index (χ4n) is 3.00. The Morgan fingerprint density at radius 2 is 1.62 bits per heavy atom. The normalized spacial score (nSPS) is 15.0. The van der Waals surface area contributed by atoms with Crippen molar-refractivity contribution in [2.75, 3.05) is 26.2 Å². The summed E-state index contributed by atoms with van der Waals surface area (Å²) in [5.74, 6) is -0.266. The molecule has 29 heavy (non-hydrogen) atoms. The number of piperazine rings is 1. The van der Waals surface area contributed by atoms with Crippen LogP contribution in [0.5, 0.6) is 0 Å². The molecule has 8 heteroatoms. The summed E-state index contributed by atoms with van der Waals surface area (Å²) in [7, 11) is 0. The first-order chi connectivity index (χ1) is 13.8. The zero-order valence-corrected chi connectivity index (χ0v) is 15.6. The summed E-state index contributed by atoms with van der Waals surface area (Å²) in [6, 6.07) is 10.0. The number of amides is 2. The van der Waals surface area contributed by atoms with Crippen molar-refractivity contribution in [1.29, 1.82) is 0 Å². The molecule has 0 aliphatic carbocycles. The van der Waals surface area contributed by atoms with E-state index in [1.807, 2.05) is 6.07 Å². The van der Waals surface area contributed by atoms with E-state index in [9.17, 15) is 22.8 Å². The molecule has 1 aromatic carbocycles. The molecule has 1 aliphatic rings. The highest BCUT2D eigenvalue weighted by Gasteiger charge is 2.29. The predicted octanol–water partition coefficient (Wildman–Crippen LogP) is 3.03. The number of carbonyl (C=O) groups is 2. The van der Waals surface area contributed by atoms with Gasteiger partial charge in [0.05, 0.1) is 12.0 Å². The summed E-state index contributed by atoms with van der Waals surface area (Å²) < 4.78 is 37.7. The van der Waals surface area contributed by atoms with Crippen LogP contribution >= 0.6 is 0 Å². The topological polar surface area (TPSA) is 53.5 Å². The third-order valence-electron chi connectivity index (χ3n) is 4.66. The van der Waals surface area contributed by atoms with Crippen molar-refractivity contribution in [3.63, 3.8) is 0 Å². The molecule has 3 rings (SSSR count). The van der Waals surface area contributed by atoms with Crippen LogP contribution < -0.4 is 0 Å². The molecule has 1 fully saturated rings. The number of halogens is 3. The van der Waals surface area contributed by atoms with Gasteiger partial charge in [-0.05, 0) is 35.9 Å². The van der Waals surface area contributed by atoms with Gasteiger partial charge in [-0.3, -0.25) is 14.6 Å². The smallest absolute Gasteiger partial charge is 0.339 e. The Morgan fingerprint density at radius 3 is 2.21 bits per heavy atom. The van der Waals surface area contributed by atoms with Crippen LogP contribution in [0.1, 0.15) is 16.8 Å². The number of hydrogen-bond acceptors (Lipinski definition) is 3. The van der Waals surface area contributed by atoms with Gasteiger partial charge < -0.3 is 9.80 Å². The van der Waals surface area contributed by atoms with E-state index in [2.05, 4.69) is 4.98 Å². The molecule has 1 saturated heterocycles. The molecule has 0 atom stereocenters. The van der Waals surface area contributed by atoms with Gasteiger partial charge in [-0.25, -0.2) is 0 Å². The number of nitrogens with zero attached hydrogens (tertiary/aromatic N) is 3. The zero-order valence-electron chi connectivity index (χ0n) is 15.6. The number of aromatic nitrogens is 1. The van der Waals surface area contributed by atoms with Crippen molar-refractivity contribution in [1.82, 2.24) is 14.8 Å². The lowest BCUT2D eigenvalue weighted by Crippen LogP contribution is -2.50. The Morgan fingerprint density at radius 1 is 0.966 bits per heavy atom. The standard InChI is InChI=1S/C21H20F3N3O2/c22-21(23,24)17-7-4-16(5-8-17)6-9-19(28)26-11-13-27(14-12-26)20(29)15-18-3-1-2-10-25-18/h1-10H,11-15H2/b9-6+. The zero-order chi connectivity index (χ0) is 20.9. The van der Waals surface area contributed by atoms with Crippen molar-refractivity contribution in [2.45, 2.75) is 12.6 Å². The molecular weight excluding hydrogens is 383 g/mol. The fraction of sp³-hybridized carbons (Fsp3) is 0.286. The molecular formula is C21H20F3N3O2. The van der Waals surface area contributed by atoms with Crippen LogP contribution in [0.4, 0.5) is 13.2 Å². The minimum Gasteiger partial charge on any atom is -0.339 e. The van der Waals surface area contributed by atoms with Gasteiger partial charge in [-0.2, -0.15) is 13.2 Å². The highest BCUT2D eigenvalue weighted by Crippen LogP contribution is 2.29. The fourth-order valence-corrected chi connectivity index (χ4v) is 3.00. The quantitative estimate of drug-likeness (QED) is 0.738. The molecule has 5 nitrogen and oxygen atoms in total. The molecule has 0 N–H and O–H groups in total. The van der Waals surface area contributed by atoms with Gasteiger partial charge in [0, 0.05) is 44.1 Å². The van der Waals surface area contributed by atoms with Crippen LogP contribution in [0.15, 0.2) is 54.7 Å². The summed E-state index contributed by atoms with van der Waals surface area (Å²) in [5, 5.41) is 0. The molecule has 1 aromatic heterocycles. The second-order valence-corrected chi connectivity index (χ2v) is 6.66. The van der Waals surface area contributed by atoms with Gasteiger partial charge >= 0.3 is 6.18 Å². The molecule has 2 aromatic rings. The monoisotopic (exact) mass is 403 g/mol. The first-order valence-electron chi connectivity index (χ1n) is 9.15. The van der Waals surface area contributed by atoms with Gasteiger partial charge in [0.1, 0.15) is 0 Å². The second-order valence-electron chi connectivity index (χ2n) is 6.66. The molecule has 0 saturated carbocycles. The summed E-state index contributed by atoms with van der Waals surface area (Å²) in [6.07, 6.45) is 0.311. The summed E-state index contributed by atoms with van der Waals surface area (Å²) in [5.41, 5.74) is 0.485. The first-order valence-corrected chi connectivity index (χ1v) is 9.15. The molecule has 152 valence electrons. The highest BCUT2D eigenvalue weighted by atomic mass is 19.4. The molecule has 1 aliphatic heterocycles. The number of benzene rings is 1. The van der Waals surface area contributed by atoms with Gasteiger partial charge in [0.2, 0.25) is 11.8 Å². The maximum Gasteiger partial charge on any atom is 0.416 e. The number of rotatable bonds is 4. The minimum absolute atomic E-state index is 0.0314. The van der Waals surface area contributed by atoms with Crippen LogP contribution in [0.25, 0.3) is 6.08 Å². The second kappa shape index (κ2) is 8.89. The Bertz CT molecular complexity index is 872. The van der Waals surface area contributed by atoms with Crippen LogP contribution in [0, 0.1) is 0 Å². The first kappa shape index (κ1) is 20.6. The maximum absolute atomic E-state index is 12.6. The van der Waals surface area contributed by atoms with E-state index in [1.165, 1.54) is 24.3 Å². The van der Waals surface area contributed by atoms with E-state index in [0.717, 1.165) is 12.1 Å².